The summed E-state index contributed by atoms with van der Waals surface area (Å²) in [5.74, 6) is -0.980. The molecule has 2 rings (SSSR count). The van der Waals surface area contributed by atoms with Crippen LogP contribution in [0.2, 0.25) is 0 Å². The van der Waals surface area contributed by atoms with Crippen LogP contribution in [0.5, 0.6) is 0 Å². The van der Waals surface area contributed by atoms with Gasteiger partial charge in [-0.3, -0.25) is 0 Å². The van der Waals surface area contributed by atoms with Crippen LogP contribution in [0.1, 0.15) is 5.56 Å². The molecular weight excluding hydrogens is 388 g/mol. The molecule has 0 N–H and O–H groups in total. The summed E-state index contributed by atoms with van der Waals surface area (Å²) in [6, 6.07) is 8.11. The van der Waals surface area contributed by atoms with E-state index in [1.807, 2.05) is 0 Å². The largest absolute Gasteiger partial charge is 0.301 e. The van der Waals surface area contributed by atoms with Crippen LogP contribution >= 0.6 is 0 Å². The monoisotopic (exact) mass is 397 g/mol. The Bertz CT molecular complexity index is 500. The predicted molar refractivity (Wildman–Crippen MR) is 53.2 cm³/mol. The first-order valence-electron chi connectivity index (χ1n) is 4.47. The van der Waals surface area contributed by atoms with Crippen molar-refractivity contribution in [2.24, 2.45) is 0 Å². The maximum absolute atomic E-state index is 13.5. The maximum Gasteiger partial charge on any atom is 0.108 e. The molecule has 85 valence electrons. The number of pyridine rings is 1. The number of rotatable bonds is 1. The zero-order valence-corrected chi connectivity index (χ0v) is 10.8. The van der Waals surface area contributed by atoms with Gasteiger partial charge in [-0.1, -0.05) is 0 Å². The maximum atomic E-state index is 13.5. The van der Waals surface area contributed by atoms with Crippen LogP contribution in [0.4, 0.5) is 8.78 Å². The molecule has 1 aromatic heterocycles. The van der Waals surface area contributed by atoms with E-state index in [9.17, 15) is 8.78 Å². The van der Waals surface area contributed by atoms with Gasteiger partial charge < -0.3 is 4.98 Å². The Morgan fingerprint density at radius 1 is 1.25 bits per heavy atom. The molecule has 0 spiro atoms. The fourth-order valence-corrected chi connectivity index (χ4v) is 1.31. The molecule has 0 atom stereocenters. The van der Waals surface area contributed by atoms with Gasteiger partial charge in [-0.25, -0.2) is 8.78 Å². The minimum atomic E-state index is -0.519. The van der Waals surface area contributed by atoms with Crippen LogP contribution in [-0.4, -0.2) is 4.98 Å². The third-order valence-electron chi connectivity index (χ3n) is 1.99. The zero-order chi connectivity index (χ0) is 10.8. The van der Waals surface area contributed by atoms with Gasteiger partial charge in [-0.05, 0) is 18.6 Å². The van der Waals surface area contributed by atoms with Crippen molar-refractivity contribution >= 4 is 0 Å². The smallest absolute Gasteiger partial charge is 0.108 e. The molecule has 16 heavy (non-hydrogen) atoms. The second-order valence-electron chi connectivity index (χ2n) is 3.26. The predicted octanol–water partition coefficient (Wildman–Crippen LogP) is 3.13. The van der Waals surface area contributed by atoms with E-state index < -0.39 is 11.6 Å². The van der Waals surface area contributed by atoms with Gasteiger partial charge in [0.25, 0.3) is 0 Å². The van der Waals surface area contributed by atoms with E-state index in [4.69, 9.17) is 0 Å². The molecule has 0 fully saturated rings. The van der Waals surface area contributed by atoms with E-state index in [0.717, 1.165) is 5.56 Å². The summed E-state index contributed by atoms with van der Waals surface area (Å²) in [6.45, 7) is 1.75. The second kappa shape index (κ2) is 5.28. The van der Waals surface area contributed by atoms with Crippen molar-refractivity contribution in [3.63, 3.8) is 0 Å². The third-order valence-corrected chi connectivity index (χ3v) is 1.99. The fourth-order valence-electron chi connectivity index (χ4n) is 1.31. The Morgan fingerprint density at radius 3 is 2.62 bits per heavy atom. The molecule has 4 heteroatoms. The van der Waals surface area contributed by atoms with Crippen molar-refractivity contribution in [1.29, 1.82) is 0 Å². The molecule has 0 bridgehead atoms. The summed E-state index contributed by atoms with van der Waals surface area (Å²) in [7, 11) is 0. The Morgan fingerprint density at radius 2 is 2.00 bits per heavy atom. The number of benzene rings is 1. The summed E-state index contributed by atoms with van der Waals surface area (Å²) < 4.78 is 26.3. The average Bonchev–Trinajstić information content (AvgIpc) is 2.17. The average molecular weight is 396 g/mol. The molecule has 1 nitrogen and oxygen atoms in total. The molecule has 0 aliphatic carbocycles. The van der Waals surface area contributed by atoms with Gasteiger partial charge in [0.15, 0.2) is 0 Å². The van der Waals surface area contributed by atoms with Crippen LogP contribution in [-0.2, 0) is 20.1 Å². The van der Waals surface area contributed by atoms with Crippen molar-refractivity contribution in [2.45, 2.75) is 6.92 Å². The van der Waals surface area contributed by atoms with Gasteiger partial charge in [0.05, 0.1) is 0 Å². The summed E-state index contributed by atoms with van der Waals surface area (Å²) in [5, 5.41) is 0. The summed E-state index contributed by atoms with van der Waals surface area (Å²) in [6.07, 6.45) is 1.54. The van der Waals surface area contributed by atoms with Crippen molar-refractivity contribution < 1.29 is 28.9 Å². The van der Waals surface area contributed by atoms with Crippen LogP contribution < -0.4 is 0 Å². The number of nitrogens with zero attached hydrogens (tertiary/aromatic N) is 1. The molecule has 0 aliphatic rings. The first kappa shape index (κ1) is 12.9. The minimum Gasteiger partial charge on any atom is -0.301 e. The Labute approximate surface area is 106 Å². The van der Waals surface area contributed by atoms with Gasteiger partial charge in [0.2, 0.25) is 0 Å². The van der Waals surface area contributed by atoms with Crippen molar-refractivity contribution in [2.75, 3.05) is 0 Å². The number of hydrogen-bond donors (Lipinski definition) is 0. The summed E-state index contributed by atoms with van der Waals surface area (Å²) in [5.41, 5.74) is 1.18. The first-order chi connectivity index (χ1) is 7.16. The van der Waals surface area contributed by atoms with Crippen LogP contribution in [0.25, 0.3) is 11.3 Å². The van der Waals surface area contributed by atoms with Crippen molar-refractivity contribution in [3.8, 4) is 11.3 Å². The van der Waals surface area contributed by atoms with Crippen LogP contribution in [0.3, 0.4) is 0 Å². The van der Waals surface area contributed by atoms with Gasteiger partial charge >= 0.3 is 0 Å². The third kappa shape index (κ3) is 2.71. The topological polar surface area (TPSA) is 12.9 Å². The van der Waals surface area contributed by atoms with Gasteiger partial charge in [-0.15, -0.1) is 29.8 Å². The van der Waals surface area contributed by atoms with Gasteiger partial charge in [0.1, 0.15) is 5.82 Å². The zero-order valence-electron chi connectivity index (χ0n) is 8.42. The number of halogens is 2. The Hall–Kier alpha value is -1.12. The van der Waals surface area contributed by atoms with Crippen LogP contribution in [0, 0.1) is 24.6 Å². The SMILES string of the molecule is Cc1cnc(-c2[c-]c(F)ccc2)c(F)c1.[Ir]. The van der Waals surface area contributed by atoms with E-state index in [1.165, 1.54) is 24.4 Å². The molecule has 1 heterocycles. The van der Waals surface area contributed by atoms with Crippen molar-refractivity contribution in [1.82, 2.24) is 4.98 Å². The summed E-state index contributed by atoms with van der Waals surface area (Å²) in [4.78, 5) is 3.92. The molecule has 0 aliphatic heterocycles. The molecule has 0 unspecified atom stereocenters. The minimum absolute atomic E-state index is 0. The van der Waals surface area contributed by atoms with Crippen LogP contribution in [0.15, 0.2) is 30.5 Å². The van der Waals surface area contributed by atoms with E-state index in [-0.39, 0.29) is 25.8 Å². The number of aryl methyl sites for hydroxylation is 1. The standard InChI is InChI=1S/C12H8F2N.Ir/c1-8-5-11(14)12(15-7-8)9-3-2-4-10(13)6-9;/h2-5,7H,1H3;/q-1;. The Kier molecular flexibility index (Phi) is 4.27. The van der Waals surface area contributed by atoms with E-state index in [1.54, 1.807) is 13.0 Å². The van der Waals surface area contributed by atoms with Gasteiger partial charge in [-0.2, -0.15) is 0 Å². The van der Waals surface area contributed by atoms with Gasteiger partial charge in [0, 0.05) is 37.8 Å². The second-order valence-corrected chi connectivity index (χ2v) is 3.26. The van der Waals surface area contributed by atoms with E-state index >= 15 is 0 Å². The van der Waals surface area contributed by atoms with E-state index in [2.05, 4.69) is 11.1 Å². The normalized spacial score (nSPS) is 9.69. The molecule has 1 radical (unpaired) electrons. The quantitative estimate of drug-likeness (QED) is 0.675. The van der Waals surface area contributed by atoms with E-state index in [0.29, 0.717) is 5.56 Å². The molecule has 1 aromatic carbocycles. The molecule has 0 saturated carbocycles. The molecule has 0 saturated heterocycles. The fraction of sp³-hybridized carbons (Fsp3) is 0.0833. The summed E-state index contributed by atoms with van der Waals surface area (Å²) >= 11 is 0. The Balaban J connectivity index is 0.00000128. The number of hydrogen-bond acceptors (Lipinski definition) is 1. The molecule has 0 amide bonds. The molecular formula is C12H8F2IrN-. The number of aromatic nitrogens is 1. The molecule has 2 aromatic rings. The first-order valence-corrected chi connectivity index (χ1v) is 4.47. The van der Waals surface area contributed by atoms with Crippen molar-refractivity contribution in [3.05, 3.63) is 53.7 Å².